The summed E-state index contributed by atoms with van der Waals surface area (Å²) in [5, 5.41) is 20.8. The lowest BCUT2D eigenvalue weighted by molar-refractivity contribution is -0.384. The second-order valence-corrected chi connectivity index (χ2v) is 5.96. The second kappa shape index (κ2) is 7.31. The minimum Gasteiger partial charge on any atom is -0.457 e. The number of aromatic amines is 1. The van der Waals surface area contributed by atoms with E-state index < -0.39 is 16.7 Å². The molecule has 1 N–H and O–H groups in total. The van der Waals surface area contributed by atoms with Crippen molar-refractivity contribution in [3.05, 3.63) is 70.4 Å². The van der Waals surface area contributed by atoms with Gasteiger partial charge in [-0.25, -0.2) is 0 Å². The first kappa shape index (κ1) is 19.1. The number of hydrogen-bond donors (Lipinski definition) is 1. The van der Waals surface area contributed by atoms with Crippen molar-refractivity contribution in [1.29, 1.82) is 0 Å². The third kappa shape index (κ3) is 3.83. The van der Waals surface area contributed by atoms with E-state index in [1.54, 1.807) is 24.3 Å². The fourth-order valence-electron chi connectivity index (χ4n) is 2.54. The molecule has 0 spiro atoms. The number of H-pyrrole nitrogens is 1. The van der Waals surface area contributed by atoms with E-state index in [4.69, 9.17) is 9.26 Å². The molecule has 0 unspecified atom stereocenters. The van der Waals surface area contributed by atoms with Crippen LogP contribution in [0.3, 0.4) is 0 Å². The zero-order valence-electron chi connectivity index (χ0n) is 14.8. The summed E-state index contributed by atoms with van der Waals surface area (Å²) in [6.45, 7) is 0. The predicted octanol–water partition coefficient (Wildman–Crippen LogP) is 4.85. The van der Waals surface area contributed by atoms with Crippen molar-refractivity contribution in [3.8, 4) is 34.5 Å². The highest BCUT2D eigenvalue weighted by Crippen LogP contribution is 2.32. The average Bonchev–Trinajstić information content (AvgIpc) is 3.38. The van der Waals surface area contributed by atoms with Crippen LogP contribution in [0.2, 0.25) is 0 Å². The lowest BCUT2D eigenvalue weighted by Crippen LogP contribution is -2.03. The molecule has 0 atom stereocenters. The van der Waals surface area contributed by atoms with Crippen molar-refractivity contribution in [1.82, 2.24) is 20.3 Å². The summed E-state index contributed by atoms with van der Waals surface area (Å²) in [4.78, 5) is 14.5. The van der Waals surface area contributed by atoms with Gasteiger partial charge >= 0.3 is 11.9 Å². The topological polar surface area (TPSA) is 120 Å². The molecule has 12 heteroatoms. The predicted molar refractivity (Wildman–Crippen MR) is 95.5 cm³/mol. The number of hydrogen-bond acceptors (Lipinski definition) is 7. The van der Waals surface area contributed by atoms with E-state index in [1.165, 1.54) is 12.1 Å². The highest BCUT2D eigenvalue weighted by atomic mass is 19.4. The van der Waals surface area contributed by atoms with Gasteiger partial charge in [0.2, 0.25) is 11.5 Å². The Labute approximate surface area is 165 Å². The number of nitrogens with one attached hydrogen (secondary N) is 1. The molecule has 4 rings (SSSR count). The number of benzene rings is 2. The van der Waals surface area contributed by atoms with Crippen molar-refractivity contribution in [2.45, 2.75) is 6.18 Å². The smallest absolute Gasteiger partial charge is 0.416 e. The zero-order chi connectivity index (χ0) is 21.3. The Balaban J connectivity index is 1.50. The lowest BCUT2D eigenvalue weighted by Gasteiger charge is -2.09. The van der Waals surface area contributed by atoms with Crippen LogP contribution in [0.1, 0.15) is 5.56 Å². The molecular weight excluding hydrogens is 407 g/mol. The monoisotopic (exact) mass is 417 g/mol. The van der Waals surface area contributed by atoms with E-state index >= 15 is 0 Å². The van der Waals surface area contributed by atoms with Crippen molar-refractivity contribution >= 4 is 5.69 Å². The minimum absolute atomic E-state index is 0.0130. The third-order valence-corrected chi connectivity index (χ3v) is 3.99. The Morgan fingerprint density at radius 3 is 2.27 bits per heavy atom. The summed E-state index contributed by atoms with van der Waals surface area (Å²) in [5.41, 5.74) is -0.547. The Bertz CT molecular complexity index is 1180. The lowest BCUT2D eigenvalue weighted by atomic mass is 10.2. The molecule has 4 aromatic rings. The molecule has 0 saturated carbocycles. The third-order valence-electron chi connectivity index (χ3n) is 3.99. The van der Waals surface area contributed by atoms with Gasteiger partial charge in [0.05, 0.1) is 10.5 Å². The van der Waals surface area contributed by atoms with Gasteiger partial charge in [-0.15, -0.1) is 0 Å². The van der Waals surface area contributed by atoms with E-state index in [0.29, 0.717) is 11.3 Å². The van der Waals surface area contributed by atoms with Gasteiger partial charge in [0, 0.05) is 5.56 Å². The first-order valence-corrected chi connectivity index (χ1v) is 8.28. The molecule has 2 aromatic heterocycles. The van der Waals surface area contributed by atoms with Gasteiger partial charge < -0.3 is 9.26 Å². The van der Waals surface area contributed by atoms with Gasteiger partial charge in [0.15, 0.2) is 0 Å². The van der Waals surface area contributed by atoms with E-state index in [0.717, 1.165) is 18.3 Å². The van der Waals surface area contributed by atoms with Crippen molar-refractivity contribution in [2.75, 3.05) is 0 Å². The molecule has 0 bridgehead atoms. The molecule has 9 nitrogen and oxygen atoms in total. The number of alkyl halides is 3. The number of halogens is 3. The summed E-state index contributed by atoms with van der Waals surface area (Å²) in [5.74, 6) is 0.699. The molecule has 2 heterocycles. The molecule has 0 aliphatic rings. The van der Waals surface area contributed by atoms with Crippen molar-refractivity contribution in [2.24, 2.45) is 0 Å². The number of ether oxygens (including phenoxy) is 1. The molecule has 152 valence electrons. The number of nitro groups is 1. The van der Waals surface area contributed by atoms with E-state index in [-0.39, 0.29) is 28.8 Å². The van der Waals surface area contributed by atoms with Crippen molar-refractivity contribution < 1.29 is 27.4 Å². The standard InChI is InChI=1S/C18H10F3N5O4/c19-18(20,21)11-3-7-13(8-4-11)29-12-5-1-10(2-6-12)16-23-17(30-25-16)15-14(26(27)28)9-22-24-15/h1-9H,(H,22,24). The van der Waals surface area contributed by atoms with Crippen LogP contribution < -0.4 is 4.74 Å². The van der Waals surface area contributed by atoms with E-state index in [1.807, 2.05) is 0 Å². The molecule has 0 amide bonds. The molecular formula is C18H10F3N5O4. The van der Waals surface area contributed by atoms with E-state index in [2.05, 4.69) is 20.3 Å². The summed E-state index contributed by atoms with van der Waals surface area (Å²) in [6.07, 6.45) is -3.38. The largest absolute Gasteiger partial charge is 0.457 e. The quantitative estimate of drug-likeness (QED) is 0.364. The summed E-state index contributed by atoms with van der Waals surface area (Å²) in [6, 6.07) is 10.7. The first-order chi connectivity index (χ1) is 14.3. The van der Waals surface area contributed by atoms with Crippen LogP contribution in [0.25, 0.3) is 23.0 Å². The van der Waals surface area contributed by atoms with Crippen LogP contribution in [0, 0.1) is 10.1 Å². The first-order valence-electron chi connectivity index (χ1n) is 8.28. The Kier molecular flexibility index (Phi) is 4.66. The van der Waals surface area contributed by atoms with Gasteiger partial charge in [-0.05, 0) is 48.5 Å². The summed E-state index contributed by atoms with van der Waals surface area (Å²) in [7, 11) is 0. The van der Waals surface area contributed by atoms with Gasteiger partial charge in [-0.2, -0.15) is 23.3 Å². The maximum Gasteiger partial charge on any atom is 0.416 e. The van der Waals surface area contributed by atoms with Gasteiger partial charge in [-0.3, -0.25) is 15.2 Å². The summed E-state index contributed by atoms with van der Waals surface area (Å²) < 4.78 is 48.4. The van der Waals surface area contributed by atoms with Crippen LogP contribution in [-0.4, -0.2) is 25.3 Å². The maximum absolute atomic E-state index is 12.6. The Morgan fingerprint density at radius 2 is 1.67 bits per heavy atom. The normalized spacial score (nSPS) is 11.4. The Morgan fingerprint density at radius 1 is 1.03 bits per heavy atom. The highest BCUT2D eigenvalue weighted by molar-refractivity contribution is 5.64. The second-order valence-electron chi connectivity index (χ2n) is 5.96. The molecule has 0 saturated heterocycles. The van der Waals surface area contributed by atoms with Gasteiger partial charge in [-0.1, -0.05) is 5.16 Å². The van der Waals surface area contributed by atoms with E-state index in [9.17, 15) is 23.3 Å². The fourth-order valence-corrected chi connectivity index (χ4v) is 2.54. The Hall–Kier alpha value is -4.22. The molecule has 30 heavy (non-hydrogen) atoms. The van der Waals surface area contributed by atoms with Crippen molar-refractivity contribution in [3.63, 3.8) is 0 Å². The zero-order valence-corrected chi connectivity index (χ0v) is 14.8. The van der Waals surface area contributed by atoms with Crippen LogP contribution in [0.5, 0.6) is 11.5 Å². The average molecular weight is 417 g/mol. The number of nitrogens with zero attached hydrogens (tertiary/aromatic N) is 4. The SMILES string of the molecule is O=[N+]([O-])c1cn[nH]c1-c1nc(-c2ccc(Oc3ccc(C(F)(F)F)cc3)cc2)no1. The van der Waals surface area contributed by atoms with Gasteiger partial charge in [0.1, 0.15) is 17.7 Å². The number of aromatic nitrogens is 4. The molecule has 0 radical (unpaired) electrons. The molecule has 2 aromatic carbocycles. The molecule has 0 fully saturated rings. The van der Waals surface area contributed by atoms with Gasteiger partial charge in [0.25, 0.3) is 5.89 Å². The molecule has 0 aliphatic carbocycles. The molecule has 0 aliphatic heterocycles. The van der Waals surface area contributed by atoms with Crippen LogP contribution in [-0.2, 0) is 6.18 Å². The van der Waals surface area contributed by atoms with Crippen LogP contribution >= 0.6 is 0 Å². The van der Waals surface area contributed by atoms with Crippen LogP contribution in [0.15, 0.2) is 59.3 Å². The summed E-state index contributed by atoms with van der Waals surface area (Å²) >= 11 is 0. The highest BCUT2D eigenvalue weighted by Gasteiger charge is 2.30. The minimum atomic E-state index is -4.42. The fraction of sp³-hybridized carbons (Fsp3) is 0.0556. The number of rotatable bonds is 5. The van der Waals surface area contributed by atoms with Crippen LogP contribution in [0.4, 0.5) is 18.9 Å². The maximum atomic E-state index is 12.6.